The molecule has 1 aliphatic carbocycles. The van der Waals surface area contributed by atoms with Crippen LogP contribution >= 0.6 is 0 Å². The van der Waals surface area contributed by atoms with Crippen LogP contribution in [0.4, 0.5) is 0 Å². The van der Waals surface area contributed by atoms with Gasteiger partial charge in [0.2, 0.25) is 0 Å². The van der Waals surface area contributed by atoms with Crippen LogP contribution in [0.5, 0.6) is 0 Å². The van der Waals surface area contributed by atoms with Gasteiger partial charge in [-0.2, -0.15) is 0 Å². The maximum atomic E-state index is 11.0. The Morgan fingerprint density at radius 3 is 2.73 bits per heavy atom. The number of aliphatic hydroxyl groups is 1. The Morgan fingerprint density at radius 1 is 1.55 bits per heavy atom. The van der Waals surface area contributed by atoms with E-state index in [-0.39, 0.29) is 12.4 Å². The summed E-state index contributed by atoms with van der Waals surface area (Å²) in [5.41, 5.74) is 1.66. The van der Waals surface area contributed by atoms with Crippen LogP contribution in [-0.4, -0.2) is 17.5 Å². The maximum absolute atomic E-state index is 11.0. The van der Waals surface area contributed by atoms with E-state index in [9.17, 15) is 4.79 Å². The zero-order valence-corrected chi connectivity index (χ0v) is 6.48. The molecule has 0 aliphatic heterocycles. The summed E-state index contributed by atoms with van der Waals surface area (Å²) in [5, 5.41) is 8.39. The quantitative estimate of drug-likeness (QED) is 0.515. The standard InChI is InChI=1S/C9H10O2/c1-7-4-5-9(11)8(7)3-2-6-10/h10H,4-6H2,1H3. The minimum absolute atomic E-state index is 0.114. The minimum Gasteiger partial charge on any atom is -0.384 e. The molecule has 0 bridgehead atoms. The zero-order chi connectivity index (χ0) is 8.27. The molecule has 0 fully saturated rings. The number of ketones is 1. The van der Waals surface area contributed by atoms with Crippen molar-refractivity contribution in [1.82, 2.24) is 0 Å². The topological polar surface area (TPSA) is 37.3 Å². The minimum atomic E-state index is -0.177. The molecule has 0 atom stereocenters. The lowest BCUT2D eigenvalue weighted by Gasteiger charge is -1.87. The molecule has 1 N–H and O–H groups in total. The number of carbonyl (C=O) groups is 1. The molecule has 0 aromatic rings. The van der Waals surface area contributed by atoms with Crippen molar-refractivity contribution in [2.75, 3.05) is 6.61 Å². The van der Waals surface area contributed by atoms with Gasteiger partial charge in [0.05, 0.1) is 5.57 Å². The van der Waals surface area contributed by atoms with Crippen molar-refractivity contribution < 1.29 is 9.90 Å². The smallest absolute Gasteiger partial charge is 0.171 e. The lowest BCUT2D eigenvalue weighted by atomic mass is 10.2. The summed E-state index contributed by atoms with van der Waals surface area (Å²) in [4.78, 5) is 11.0. The fourth-order valence-corrected chi connectivity index (χ4v) is 1.09. The SMILES string of the molecule is CC1=C(C#CCO)C(=O)CC1. The number of hydrogen-bond acceptors (Lipinski definition) is 2. The van der Waals surface area contributed by atoms with E-state index in [1.165, 1.54) is 0 Å². The van der Waals surface area contributed by atoms with Crippen LogP contribution in [0.3, 0.4) is 0 Å². The van der Waals surface area contributed by atoms with Gasteiger partial charge in [-0.3, -0.25) is 4.79 Å². The molecule has 0 amide bonds. The molecule has 1 aliphatic rings. The van der Waals surface area contributed by atoms with Gasteiger partial charge in [-0.05, 0) is 13.3 Å². The first-order valence-corrected chi connectivity index (χ1v) is 3.58. The highest BCUT2D eigenvalue weighted by Crippen LogP contribution is 2.20. The largest absolute Gasteiger partial charge is 0.384 e. The van der Waals surface area contributed by atoms with Crippen molar-refractivity contribution in [3.05, 3.63) is 11.1 Å². The van der Waals surface area contributed by atoms with Crippen LogP contribution in [0.25, 0.3) is 0 Å². The Labute approximate surface area is 65.9 Å². The predicted octanol–water partition coefficient (Wildman–Crippen LogP) is 0.661. The summed E-state index contributed by atoms with van der Waals surface area (Å²) in [6.45, 7) is 1.73. The lowest BCUT2D eigenvalue weighted by Crippen LogP contribution is -1.93. The Balaban J connectivity index is 2.83. The molecule has 0 aromatic heterocycles. The summed E-state index contributed by atoms with van der Waals surface area (Å²) in [6.07, 6.45) is 1.41. The maximum Gasteiger partial charge on any atom is 0.171 e. The van der Waals surface area contributed by atoms with Crippen LogP contribution in [0.2, 0.25) is 0 Å². The molecule has 58 valence electrons. The first-order chi connectivity index (χ1) is 5.25. The van der Waals surface area contributed by atoms with E-state index in [0.29, 0.717) is 12.0 Å². The highest BCUT2D eigenvalue weighted by Gasteiger charge is 2.17. The van der Waals surface area contributed by atoms with E-state index < -0.39 is 0 Å². The van der Waals surface area contributed by atoms with Crippen molar-refractivity contribution in [1.29, 1.82) is 0 Å². The average molecular weight is 150 g/mol. The van der Waals surface area contributed by atoms with Crippen LogP contribution in [0.15, 0.2) is 11.1 Å². The molecule has 0 saturated heterocycles. The predicted molar refractivity (Wildman–Crippen MR) is 41.8 cm³/mol. The van der Waals surface area contributed by atoms with Crippen LogP contribution in [-0.2, 0) is 4.79 Å². The van der Waals surface area contributed by atoms with Crippen molar-refractivity contribution in [2.45, 2.75) is 19.8 Å². The Morgan fingerprint density at radius 2 is 2.27 bits per heavy atom. The molecule has 2 nitrogen and oxygen atoms in total. The molecule has 0 saturated carbocycles. The third kappa shape index (κ3) is 1.69. The Kier molecular flexibility index (Phi) is 2.45. The summed E-state index contributed by atoms with van der Waals surface area (Å²) < 4.78 is 0. The summed E-state index contributed by atoms with van der Waals surface area (Å²) >= 11 is 0. The van der Waals surface area contributed by atoms with Gasteiger partial charge in [0, 0.05) is 6.42 Å². The summed E-state index contributed by atoms with van der Waals surface area (Å²) in [7, 11) is 0. The monoisotopic (exact) mass is 150 g/mol. The lowest BCUT2D eigenvalue weighted by molar-refractivity contribution is -0.114. The van der Waals surface area contributed by atoms with E-state index in [2.05, 4.69) is 11.8 Å². The molecule has 0 aromatic carbocycles. The molecular formula is C9H10O2. The number of Topliss-reactive ketones (excluding diaryl/α,β-unsaturated/α-hetero) is 1. The van der Waals surface area contributed by atoms with Gasteiger partial charge in [0.15, 0.2) is 5.78 Å². The summed E-state index contributed by atoms with van der Waals surface area (Å²) in [5.74, 6) is 5.25. The van der Waals surface area contributed by atoms with Gasteiger partial charge in [-0.25, -0.2) is 0 Å². The van der Waals surface area contributed by atoms with Crippen molar-refractivity contribution >= 4 is 5.78 Å². The van der Waals surface area contributed by atoms with Gasteiger partial charge in [0.1, 0.15) is 6.61 Å². The molecule has 11 heavy (non-hydrogen) atoms. The molecule has 0 radical (unpaired) electrons. The van der Waals surface area contributed by atoms with E-state index in [0.717, 1.165) is 12.0 Å². The van der Waals surface area contributed by atoms with Gasteiger partial charge < -0.3 is 5.11 Å². The summed E-state index contributed by atoms with van der Waals surface area (Å²) in [6, 6.07) is 0. The second-order valence-corrected chi connectivity index (χ2v) is 2.54. The fraction of sp³-hybridized carbons (Fsp3) is 0.444. The molecule has 2 heteroatoms. The normalized spacial score (nSPS) is 16.7. The molecule has 0 unspecified atom stereocenters. The van der Waals surface area contributed by atoms with E-state index in [1.807, 2.05) is 6.92 Å². The first-order valence-electron chi connectivity index (χ1n) is 3.58. The molecule has 0 heterocycles. The van der Waals surface area contributed by atoms with Crippen LogP contribution in [0.1, 0.15) is 19.8 Å². The second kappa shape index (κ2) is 3.36. The molecule has 0 spiro atoms. The van der Waals surface area contributed by atoms with E-state index in [4.69, 9.17) is 5.11 Å². The van der Waals surface area contributed by atoms with Gasteiger partial charge >= 0.3 is 0 Å². The van der Waals surface area contributed by atoms with E-state index in [1.54, 1.807) is 0 Å². The third-order valence-electron chi connectivity index (χ3n) is 1.73. The number of rotatable bonds is 0. The fourth-order valence-electron chi connectivity index (χ4n) is 1.09. The average Bonchev–Trinajstić information content (AvgIpc) is 2.29. The van der Waals surface area contributed by atoms with Gasteiger partial charge in [0.25, 0.3) is 0 Å². The number of carbonyl (C=O) groups excluding carboxylic acids is 1. The van der Waals surface area contributed by atoms with Crippen LogP contribution < -0.4 is 0 Å². The Hall–Kier alpha value is -1.07. The molecular weight excluding hydrogens is 140 g/mol. The van der Waals surface area contributed by atoms with Gasteiger partial charge in [-0.1, -0.05) is 17.4 Å². The third-order valence-corrected chi connectivity index (χ3v) is 1.73. The Bertz CT molecular complexity index is 263. The van der Waals surface area contributed by atoms with Crippen molar-refractivity contribution in [2.24, 2.45) is 0 Å². The number of aliphatic hydroxyl groups excluding tert-OH is 1. The number of hydrogen-bond donors (Lipinski definition) is 1. The second-order valence-electron chi connectivity index (χ2n) is 2.54. The molecule has 1 rings (SSSR count). The zero-order valence-electron chi connectivity index (χ0n) is 6.48. The van der Waals surface area contributed by atoms with Crippen LogP contribution in [0, 0.1) is 11.8 Å². The highest BCUT2D eigenvalue weighted by atomic mass is 16.2. The number of allylic oxidation sites excluding steroid dienone is 2. The highest BCUT2D eigenvalue weighted by molar-refractivity contribution is 6.02. The first kappa shape index (κ1) is 8.03. The van der Waals surface area contributed by atoms with Crippen molar-refractivity contribution in [3.63, 3.8) is 0 Å². The van der Waals surface area contributed by atoms with Crippen molar-refractivity contribution in [3.8, 4) is 11.8 Å². The van der Waals surface area contributed by atoms with Gasteiger partial charge in [-0.15, -0.1) is 0 Å². The van der Waals surface area contributed by atoms with E-state index >= 15 is 0 Å².